The number of nitrogens with zero attached hydrogens (tertiary/aromatic N) is 3. The third kappa shape index (κ3) is 3.76. The van der Waals surface area contributed by atoms with Crippen LogP contribution >= 0.6 is 11.3 Å². The molecule has 2 N–H and O–H groups in total. The van der Waals surface area contributed by atoms with Crippen LogP contribution in [0.3, 0.4) is 0 Å². The molecule has 1 saturated heterocycles. The Morgan fingerprint density at radius 1 is 1.33 bits per heavy atom. The molecule has 0 spiro atoms. The number of rotatable bonds is 5. The average Bonchev–Trinajstić information content (AvgIpc) is 3.24. The molecule has 0 bridgehead atoms. The van der Waals surface area contributed by atoms with Gasteiger partial charge in [-0.3, -0.25) is 4.79 Å². The summed E-state index contributed by atoms with van der Waals surface area (Å²) in [5.74, 6) is -0.0741. The normalized spacial score (nSPS) is 15.5. The van der Waals surface area contributed by atoms with Gasteiger partial charge in [-0.2, -0.15) is 0 Å². The molecule has 6 heteroatoms. The molecule has 0 saturated carbocycles. The molecule has 0 radical (unpaired) electrons. The van der Waals surface area contributed by atoms with Crippen molar-refractivity contribution < 1.29 is 4.79 Å². The van der Waals surface area contributed by atoms with Crippen LogP contribution in [0.1, 0.15) is 30.2 Å². The van der Waals surface area contributed by atoms with Gasteiger partial charge in [0, 0.05) is 29.9 Å². The monoisotopic (exact) mass is 344 g/mol. The Morgan fingerprint density at radius 2 is 2.00 bits per heavy atom. The van der Waals surface area contributed by atoms with Crippen molar-refractivity contribution in [2.75, 3.05) is 22.9 Å². The van der Waals surface area contributed by atoms with Crippen LogP contribution in [0.25, 0.3) is 0 Å². The zero-order valence-corrected chi connectivity index (χ0v) is 15.1. The fraction of sp³-hybridized carbons (Fsp3) is 0.444. The van der Waals surface area contributed by atoms with Crippen LogP contribution in [0, 0.1) is 6.92 Å². The van der Waals surface area contributed by atoms with E-state index in [2.05, 4.69) is 9.88 Å². The zero-order valence-electron chi connectivity index (χ0n) is 14.2. The number of hydrogen-bond donors (Lipinski definition) is 1. The number of carbonyl (C=O) groups excluding carboxylic acids is 1. The summed E-state index contributed by atoms with van der Waals surface area (Å²) in [4.78, 5) is 22.3. The van der Waals surface area contributed by atoms with Gasteiger partial charge in [-0.15, -0.1) is 11.3 Å². The standard InChI is InChI=1S/C18H24N4OS/c1-13-5-7-15(8-6-13)22(17(23)14(2)19)12-16-11-20-18(24-16)21-9-3-4-10-21/h5-8,11,14H,3-4,9-10,12,19H2,1-2H3/t14-/m0/s1. The van der Waals surface area contributed by atoms with E-state index in [9.17, 15) is 4.79 Å². The van der Waals surface area contributed by atoms with E-state index in [4.69, 9.17) is 5.73 Å². The first-order chi connectivity index (χ1) is 11.5. The van der Waals surface area contributed by atoms with Crippen molar-refractivity contribution in [2.24, 2.45) is 5.73 Å². The minimum Gasteiger partial charge on any atom is -0.348 e. The highest BCUT2D eigenvalue weighted by Gasteiger charge is 2.22. The molecule has 24 heavy (non-hydrogen) atoms. The lowest BCUT2D eigenvalue weighted by Gasteiger charge is -2.24. The molecule has 1 amide bonds. The van der Waals surface area contributed by atoms with Gasteiger partial charge in [-0.25, -0.2) is 4.98 Å². The van der Waals surface area contributed by atoms with Crippen molar-refractivity contribution >= 4 is 28.1 Å². The Bertz CT molecular complexity index is 689. The second-order valence-corrected chi connectivity index (χ2v) is 7.45. The van der Waals surface area contributed by atoms with Crippen LogP contribution in [-0.2, 0) is 11.3 Å². The van der Waals surface area contributed by atoms with Gasteiger partial charge in [-0.05, 0) is 38.8 Å². The first kappa shape index (κ1) is 16.9. The number of thiazole rings is 1. The van der Waals surface area contributed by atoms with Crippen LogP contribution in [0.5, 0.6) is 0 Å². The van der Waals surface area contributed by atoms with E-state index < -0.39 is 6.04 Å². The Hall–Kier alpha value is -1.92. The number of aryl methyl sites for hydroxylation is 1. The minimum absolute atomic E-state index is 0.0741. The molecule has 2 heterocycles. The summed E-state index contributed by atoms with van der Waals surface area (Å²) in [6.45, 7) is 6.43. The van der Waals surface area contributed by atoms with Crippen LogP contribution in [0.4, 0.5) is 10.8 Å². The molecule has 1 fully saturated rings. The lowest BCUT2D eigenvalue weighted by molar-refractivity contribution is -0.119. The van der Waals surface area contributed by atoms with Crippen LogP contribution in [-0.4, -0.2) is 30.0 Å². The summed E-state index contributed by atoms with van der Waals surface area (Å²) in [6.07, 6.45) is 4.34. The summed E-state index contributed by atoms with van der Waals surface area (Å²) in [6, 6.07) is 7.44. The van der Waals surface area contributed by atoms with E-state index in [1.165, 1.54) is 18.4 Å². The van der Waals surface area contributed by atoms with Gasteiger partial charge in [0.05, 0.1) is 12.6 Å². The lowest BCUT2D eigenvalue weighted by Crippen LogP contribution is -2.41. The first-order valence-electron chi connectivity index (χ1n) is 8.38. The van der Waals surface area contributed by atoms with E-state index >= 15 is 0 Å². The number of nitrogens with two attached hydrogens (primary N) is 1. The van der Waals surface area contributed by atoms with Crippen molar-refractivity contribution in [1.82, 2.24) is 4.98 Å². The molecule has 0 aliphatic carbocycles. The van der Waals surface area contributed by atoms with Crippen molar-refractivity contribution in [1.29, 1.82) is 0 Å². The molecule has 1 aromatic carbocycles. The first-order valence-corrected chi connectivity index (χ1v) is 9.19. The minimum atomic E-state index is -0.530. The van der Waals surface area contributed by atoms with Crippen molar-refractivity contribution in [3.8, 4) is 0 Å². The average molecular weight is 344 g/mol. The van der Waals surface area contributed by atoms with Gasteiger partial charge in [0.25, 0.3) is 0 Å². The summed E-state index contributed by atoms with van der Waals surface area (Å²) in [7, 11) is 0. The molecular weight excluding hydrogens is 320 g/mol. The van der Waals surface area contributed by atoms with Gasteiger partial charge < -0.3 is 15.5 Å². The third-order valence-electron chi connectivity index (χ3n) is 4.23. The number of benzene rings is 1. The van der Waals surface area contributed by atoms with Gasteiger partial charge in [0.15, 0.2) is 5.13 Å². The second kappa shape index (κ2) is 7.32. The Kier molecular flexibility index (Phi) is 5.16. The van der Waals surface area contributed by atoms with E-state index in [-0.39, 0.29) is 5.91 Å². The Balaban J connectivity index is 1.81. The predicted molar refractivity (Wildman–Crippen MR) is 99.6 cm³/mol. The smallest absolute Gasteiger partial charge is 0.243 e. The Labute approximate surface area is 147 Å². The summed E-state index contributed by atoms with van der Waals surface area (Å²) in [5, 5.41) is 1.06. The molecule has 1 atom stereocenters. The molecule has 1 aromatic heterocycles. The molecule has 0 unspecified atom stereocenters. The van der Waals surface area contributed by atoms with Crippen LogP contribution < -0.4 is 15.5 Å². The van der Waals surface area contributed by atoms with E-state index in [0.717, 1.165) is 28.8 Å². The number of anilines is 2. The SMILES string of the molecule is Cc1ccc(N(Cc2cnc(N3CCCC3)s2)C(=O)[C@H](C)N)cc1. The highest BCUT2D eigenvalue weighted by molar-refractivity contribution is 7.15. The number of hydrogen-bond acceptors (Lipinski definition) is 5. The van der Waals surface area contributed by atoms with Crippen molar-refractivity contribution in [3.63, 3.8) is 0 Å². The molecule has 1 aliphatic rings. The second-order valence-electron chi connectivity index (χ2n) is 6.35. The van der Waals surface area contributed by atoms with Crippen molar-refractivity contribution in [2.45, 2.75) is 39.3 Å². The van der Waals surface area contributed by atoms with E-state index in [1.807, 2.05) is 37.4 Å². The quantitative estimate of drug-likeness (QED) is 0.906. The number of aromatic nitrogens is 1. The van der Waals surface area contributed by atoms with Crippen LogP contribution in [0.2, 0.25) is 0 Å². The summed E-state index contributed by atoms with van der Waals surface area (Å²) >= 11 is 1.67. The van der Waals surface area contributed by atoms with Crippen LogP contribution in [0.15, 0.2) is 30.5 Å². The van der Waals surface area contributed by atoms with E-state index in [1.54, 1.807) is 23.2 Å². The highest BCUT2D eigenvalue weighted by Crippen LogP contribution is 2.28. The largest absolute Gasteiger partial charge is 0.348 e. The van der Waals surface area contributed by atoms with Gasteiger partial charge >= 0.3 is 0 Å². The predicted octanol–water partition coefficient (Wildman–Crippen LogP) is 2.93. The lowest BCUT2D eigenvalue weighted by atomic mass is 10.2. The summed E-state index contributed by atoms with van der Waals surface area (Å²) in [5.41, 5.74) is 7.89. The topological polar surface area (TPSA) is 62.5 Å². The number of amides is 1. The van der Waals surface area contributed by atoms with E-state index in [0.29, 0.717) is 6.54 Å². The third-order valence-corrected chi connectivity index (χ3v) is 5.28. The zero-order chi connectivity index (χ0) is 17.1. The molecular formula is C18H24N4OS. The van der Waals surface area contributed by atoms with Gasteiger partial charge in [-0.1, -0.05) is 17.7 Å². The molecule has 5 nitrogen and oxygen atoms in total. The highest BCUT2D eigenvalue weighted by atomic mass is 32.1. The summed E-state index contributed by atoms with van der Waals surface area (Å²) < 4.78 is 0. The number of carbonyl (C=O) groups is 1. The fourth-order valence-corrected chi connectivity index (χ4v) is 3.80. The maximum atomic E-state index is 12.6. The fourth-order valence-electron chi connectivity index (χ4n) is 2.85. The van der Waals surface area contributed by atoms with Gasteiger partial charge in [0.1, 0.15) is 0 Å². The molecule has 128 valence electrons. The molecule has 2 aromatic rings. The Morgan fingerprint density at radius 3 is 2.62 bits per heavy atom. The van der Waals surface area contributed by atoms with Gasteiger partial charge in [0.2, 0.25) is 5.91 Å². The maximum absolute atomic E-state index is 12.6. The molecule has 1 aliphatic heterocycles. The van der Waals surface area contributed by atoms with Crippen molar-refractivity contribution in [3.05, 3.63) is 40.9 Å². The molecule has 3 rings (SSSR count). The maximum Gasteiger partial charge on any atom is 0.243 e.